The summed E-state index contributed by atoms with van der Waals surface area (Å²) in [5.41, 5.74) is 0. The van der Waals surface area contributed by atoms with Crippen molar-refractivity contribution in [1.82, 2.24) is 0 Å². The molecular weight excluding hydrogens is 253 g/mol. The second-order valence-corrected chi connectivity index (χ2v) is 3.34. The van der Waals surface area contributed by atoms with Gasteiger partial charge in [-0.1, -0.05) is 0 Å². The molecule has 0 unspecified atom stereocenters. The van der Waals surface area contributed by atoms with Crippen molar-refractivity contribution in [2.75, 3.05) is 0 Å². The van der Waals surface area contributed by atoms with E-state index < -0.39 is 5.92 Å². The second kappa shape index (κ2) is 2.56. The molecule has 0 aliphatic heterocycles. The third kappa shape index (κ3) is 1.74. The Morgan fingerprint density at radius 1 is 1.60 bits per heavy atom. The van der Waals surface area contributed by atoms with Gasteiger partial charge in [0.1, 0.15) is 0 Å². The highest BCUT2D eigenvalue weighted by Crippen LogP contribution is 2.31. The Balaban J connectivity index is 2.86. The lowest BCUT2D eigenvalue weighted by atomic mass is 10.0. The maximum atomic E-state index is 12.4. The third-order valence-electron chi connectivity index (χ3n) is 1.29. The lowest BCUT2D eigenvalue weighted by Crippen LogP contribution is -2.20. The van der Waals surface area contributed by atoms with Gasteiger partial charge in [-0.15, -0.1) is 0 Å². The standard InChI is InChI=1S/C6H5F2IO/c7-6(8)2-1-5(10)4(9)3-6/h3H,1-2H2. The van der Waals surface area contributed by atoms with Gasteiger partial charge in [-0.05, 0) is 22.6 Å². The van der Waals surface area contributed by atoms with E-state index in [1.165, 1.54) is 0 Å². The topological polar surface area (TPSA) is 17.1 Å². The fourth-order valence-corrected chi connectivity index (χ4v) is 1.46. The van der Waals surface area contributed by atoms with E-state index >= 15 is 0 Å². The van der Waals surface area contributed by atoms with Crippen LogP contribution in [0.25, 0.3) is 0 Å². The molecule has 0 saturated heterocycles. The molecule has 0 N–H and O–H groups in total. The SMILES string of the molecule is O=C1CCC(F)(F)C=C1I. The lowest BCUT2D eigenvalue weighted by Gasteiger charge is -2.16. The Morgan fingerprint density at radius 2 is 2.20 bits per heavy atom. The van der Waals surface area contributed by atoms with Crippen molar-refractivity contribution in [3.05, 3.63) is 9.66 Å². The van der Waals surface area contributed by atoms with Gasteiger partial charge < -0.3 is 0 Å². The van der Waals surface area contributed by atoms with E-state index in [4.69, 9.17) is 0 Å². The van der Waals surface area contributed by atoms with Gasteiger partial charge >= 0.3 is 0 Å². The van der Waals surface area contributed by atoms with Crippen molar-refractivity contribution in [3.8, 4) is 0 Å². The number of hydrogen-bond donors (Lipinski definition) is 0. The molecule has 10 heavy (non-hydrogen) atoms. The fraction of sp³-hybridized carbons (Fsp3) is 0.500. The molecule has 0 aromatic carbocycles. The van der Waals surface area contributed by atoms with Crippen LogP contribution in [0.15, 0.2) is 9.66 Å². The summed E-state index contributed by atoms with van der Waals surface area (Å²) >= 11 is 1.64. The van der Waals surface area contributed by atoms with Crippen LogP contribution >= 0.6 is 22.6 Å². The number of allylic oxidation sites excluding steroid dienone is 2. The van der Waals surface area contributed by atoms with Gasteiger partial charge in [-0.2, -0.15) is 0 Å². The van der Waals surface area contributed by atoms with E-state index in [1.54, 1.807) is 22.6 Å². The number of alkyl halides is 2. The number of Topliss-reactive ketones (excluding diaryl/α,β-unsaturated/α-hetero) is 1. The smallest absolute Gasteiger partial charge is 0.268 e. The summed E-state index contributed by atoms with van der Waals surface area (Å²) in [6.07, 6.45) is 0.375. The van der Waals surface area contributed by atoms with E-state index in [2.05, 4.69) is 0 Å². The van der Waals surface area contributed by atoms with Gasteiger partial charge in [0.05, 0.1) is 3.58 Å². The quantitative estimate of drug-likeness (QED) is 0.609. The summed E-state index contributed by atoms with van der Waals surface area (Å²) in [4.78, 5) is 10.7. The van der Waals surface area contributed by atoms with Crippen molar-refractivity contribution >= 4 is 28.4 Å². The molecule has 0 spiro atoms. The maximum absolute atomic E-state index is 12.4. The van der Waals surface area contributed by atoms with E-state index in [9.17, 15) is 13.6 Å². The van der Waals surface area contributed by atoms with Crippen LogP contribution in [0.4, 0.5) is 8.78 Å². The number of carbonyl (C=O) groups excluding carboxylic acids is 1. The number of hydrogen-bond acceptors (Lipinski definition) is 1. The largest absolute Gasteiger partial charge is 0.294 e. The maximum Gasteiger partial charge on any atom is 0.268 e. The fourth-order valence-electron chi connectivity index (χ4n) is 0.738. The van der Waals surface area contributed by atoms with Gasteiger partial charge in [0.2, 0.25) is 0 Å². The molecule has 1 aliphatic carbocycles. The summed E-state index contributed by atoms with van der Waals surface area (Å²) in [5.74, 6) is -2.93. The van der Waals surface area contributed by atoms with Crippen LogP contribution in [-0.2, 0) is 4.79 Å². The Morgan fingerprint density at radius 3 is 2.60 bits per heavy atom. The predicted octanol–water partition coefficient (Wildman–Crippen LogP) is 2.30. The summed E-state index contributed by atoms with van der Waals surface area (Å²) in [7, 11) is 0. The monoisotopic (exact) mass is 258 g/mol. The van der Waals surface area contributed by atoms with Crippen molar-refractivity contribution < 1.29 is 13.6 Å². The minimum Gasteiger partial charge on any atom is -0.294 e. The second-order valence-electron chi connectivity index (χ2n) is 2.18. The van der Waals surface area contributed by atoms with Crippen LogP contribution in [0, 0.1) is 0 Å². The molecule has 0 fully saturated rings. The first kappa shape index (κ1) is 8.10. The molecule has 56 valence electrons. The lowest BCUT2D eigenvalue weighted by molar-refractivity contribution is -0.117. The highest BCUT2D eigenvalue weighted by Gasteiger charge is 2.32. The highest BCUT2D eigenvalue weighted by molar-refractivity contribution is 14.1. The minimum absolute atomic E-state index is 0.0260. The van der Waals surface area contributed by atoms with Crippen molar-refractivity contribution in [2.24, 2.45) is 0 Å². The zero-order valence-electron chi connectivity index (χ0n) is 5.03. The Hall–Kier alpha value is -0.000000000000000111. The molecule has 1 rings (SSSR count). The molecular formula is C6H5F2IO. The predicted molar refractivity (Wildman–Crippen MR) is 41.3 cm³/mol. The number of rotatable bonds is 0. The van der Waals surface area contributed by atoms with Crippen molar-refractivity contribution in [3.63, 3.8) is 0 Å². The number of ketones is 1. The molecule has 0 heterocycles. The number of carbonyl (C=O) groups is 1. The van der Waals surface area contributed by atoms with Crippen molar-refractivity contribution in [1.29, 1.82) is 0 Å². The minimum atomic E-state index is -2.76. The molecule has 0 bridgehead atoms. The summed E-state index contributed by atoms with van der Waals surface area (Å²) in [5, 5.41) is 0. The van der Waals surface area contributed by atoms with Crippen LogP contribution in [0.3, 0.4) is 0 Å². The van der Waals surface area contributed by atoms with Gasteiger partial charge in [0.15, 0.2) is 5.78 Å². The van der Waals surface area contributed by atoms with Gasteiger partial charge in [0, 0.05) is 18.9 Å². The molecule has 0 saturated carbocycles. The summed E-state index contributed by atoms with van der Waals surface area (Å²) in [6.45, 7) is 0. The van der Waals surface area contributed by atoms with E-state index in [0.717, 1.165) is 6.08 Å². The number of halogens is 3. The molecule has 0 aromatic heterocycles. The van der Waals surface area contributed by atoms with E-state index in [1.807, 2.05) is 0 Å². The van der Waals surface area contributed by atoms with Gasteiger partial charge in [0.25, 0.3) is 5.92 Å². The molecule has 1 nitrogen and oxygen atoms in total. The van der Waals surface area contributed by atoms with E-state index in [-0.39, 0.29) is 22.2 Å². The Labute approximate surface area is 70.6 Å². The molecule has 0 amide bonds. The average molecular weight is 258 g/mol. The van der Waals surface area contributed by atoms with Crippen LogP contribution < -0.4 is 0 Å². The van der Waals surface area contributed by atoms with Gasteiger partial charge in [-0.25, -0.2) is 8.78 Å². The van der Waals surface area contributed by atoms with Crippen molar-refractivity contribution in [2.45, 2.75) is 18.8 Å². The Bertz CT molecular complexity index is 198. The molecule has 0 aromatic rings. The zero-order valence-corrected chi connectivity index (χ0v) is 7.19. The highest BCUT2D eigenvalue weighted by atomic mass is 127. The molecule has 4 heteroatoms. The van der Waals surface area contributed by atoms with E-state index in [0.29, 0.717) is 0 Å². The molecule has 1 aliphatic rings. The first-order valence-electron chi connectivity index (χ1n) is 2.81. The van der Waals surface area contributed by atoms with Gasteiger partial charge in [-0.3, -0.25) is 4.79 Å². The third-order valence-corrected chi connectivity index (χ3v) is 2.20. The summed E-state index contributed by atoms with van der Waals surface area (Å²) < 4.78 is 25.0. The summed E-state index contributed by atoms with van der Waals surface area (Å²) in [6, 6.07) is 0. The average Bonchev–Trinajstić information content (AvgIpc) is 1.79. The first-order valence-corrected chi connectivity index (χ1v) is 3.88. The molecule has 0 atom stereocenters. The zero-order chi connectivity index (χ0) is 7.78. The normalized spacial score (nSPS) is 24.3. The van der Waals surface area contributed by atoms with Crippen LogP contribution in [0.5, 0.6) is 0 Å². The first-order chi connectivity index (χ1) is 4.51. The Kier molecular flexibility index (Phi) is 2.07. The molecule has 0 radical (unpaired) electrons. The van der Waals surface area contributed by atoms with Crippen LogP contribution in [-0.4, -0.2) is 11.7 Å². The van der Waals surface area contributed by atoms with Crippen LogP contribution in [0.2, 0.25) is 0 Å². The van der Waals surface area contributed by atoms with Crippen LogP contribution in [0.1, 0.15) is 12.8 Å².